The van der Waals surface area contributed by atoms with Gasteiger partial charge in [0.05, 0.1) is 0 Å². The van der Waals surface area contributed by atoms with Gasteiger partial charge in [-0.3, -0.25) is 9.59 Å². The number of ketones is 2. The average molecular weight is 316 g/mol. The molecule has 3 rings (SSSR count). The van der Waals surface area contributed by atoms with E-state index in [0.29, 0.717) is 11.1 Å². The predicted octanol–water partition coefficient (Wildman–Crippen LogP) is 4.54. The van der Waals surface area contributed by atoms with E-state index in [1.54, 1.807) is 0 Å². The van der Waals surface area contributed by atoms with Crippen molar-refractivity contribution in [1.29, 1.82) is 0 Å². The number of carbonyl (C=O) groups is 2. The molecule has 2 aromatic carbocycles. The van der Waals surface area contributed by atoms with E-state index in [-0.39, 0.29) is 11.6 Å². The third-order valence-corrected chi connectivity index (χ3v) is 4.43. The lowest BCUT2D eigenvalue weighted by Crippen LogP contribution is -2.14. The van der Waals surface area contributed by atoms with Crippen LogP contribution in [-0.2, 0) is 9.59 Å². The van der Waals surface area contributed by atoms with E-state index in [1.807, 2.05) is 64.1 Å². The average Bonchev–Trinajstić information content (AvgIpc) is 2.51. The smallest absolute Gasteiger partial charge is 0.187 e. The van der Waals surface area contributed by atoms with Crippen LogP contribution in [0.2, 0.25) is 0 Å². The lowest BCUT2D eigenvalue weighted by molar-refractivity contribution is -0.112. The highest BCUT2D eigenvalue weighted by Gasteiger charge is 2.27. The van der Waals surface area contributed by atoms with Crippen LogP contribution in [0.3, 0.4) is 0 Å². The highest BCUT2D eigenvalue weighted by molar-refractivity contribution is 6.48. The van der Waals surface area contributed by atoms with Gasteiger partial charge >= 0.3 is 0 Å². The second-order valence-corrected chi connectivity index (χ2v) is 6.45. The summed E-state index contributed by atoms with van der Waals surface area (Å²) in [6, 6.07) is 11.9. The molecule has 2 nitrogen and oxygen atoms in total. The SMILES string of the molecule is Cc1ccc(C2=C(c3ccc(C)cc3C)C(=O)C=CC2=O)c(C)c1. The van der Waals surface area contributed by atoms with Gasteiger partial charge in [0, 0.05) is 11.1 Å². The monoisotopic (exact) mass is 316 g/mol. The van der Waals surface area contributed by atoms with Crippen LogP contribution in [0.15, 0.2) is 48.6 Å². The van der Waals surface area contributed by atoms with Crippen molar-refractivity contribution in [3.8, 4) is 0 Å². The van der Waals surface area contributed by atoms with Crippen LogP contribution in [0.4, 0.5) is 0 Å². The molecule has 0 N–H and O–H groups in total. The van der Waals surface area contributed by atoms with Gasteiger partial charge in [-0.2, -0.15) is 0 Å². The summed E-state index contributed by atoms with van der Waals surface area (Å²) in [4.78, 5) is 25.3. The molecule has 2 heteroatoms. The second kappa shape index (κ2) is 6.04. The molecule has 0 aliphatic heterocycles. The van der Waals surface area contributed by atoms with E-state index < -0.39 is 0 Å². The van der Waals surface area contributed by atoms with Gasteiger partial charge in [-0.05, 0) is 62.1 Å². The molecule has 0 saturated heterocycles. The molecular weight excluding hydrogens is 296 g/mol. The first-order chi connectivity index (χ1) is 11.4. The van der Waals surface area contributed by atoms with E-state index in [2.05, 4.69) is 0 Å². The van der Waals surface area contributed by atoms with Crippen molar-refractivity contribution in [1.82, 2.24) is 0 Å². The van der Waals surface area contributed by atoms with Crippen molar-refractivity contribution >= 4 is 22.7 Å². The molecule has 0 bridgehead atoms. The van der Waals surface area contributed by atoms with Crippen molar-refractivity contribution < 1.29 is 9.59 Å². The van der Waals surface area contributed by atoms with Gasteiger partial charge in [-0.15, -0.1) is 0 Å². The first-order valence-corrected chi connectivity index (χ1v) is 8.04. The van der Waals surface area contributed by atoms with Crippen LogP contribution in [0.5, 0.6) is 0 Å². The minimum Gasteiger partial charge on any atom is -0.289 e. The summed E-state index contributed by atoms with van der Waals surface area (Å²) in [6.45, 7) is 7.99. The Morgan fingerprint density at radius 2 is 0.958 bits per heavy atom. The summed E-state index contributed by atoms with van der Waals surface area (Å²) in [5.74, 6) is -0.229. The minimum absolute atomic E-state index is 0.114. The maximum absolute atomic E-state index is 12.6. The summed E-state index contributed by atoms with van der Waals surface area (Å²) >= 11 is 0. The molecule has 1 aliphatic carbocycles. The third kappa shape index (κ3) is 2.76. The molecule has 0 aromatic heterocycles. The highest BCUT2D eigenvalue weighted by Crippen LogP contribution is 2.34. The molecule has 2 aromatic rings. The molecule has 0 atom stereocenters. The largest absolute Gasteiger partial charge is 0.289 e. The third-order valence-electron chi connectivity index (χ3n) is 4.43. The normalized spacial score (nSPS) is 14.5. The van der Waals surface area contributed by atoms with Crippen LogP contribution in [0.1, 0.15) is 33.4 Å². The predicted molar refractivity (Wildman–Crippen MR) is 97.8 cm³/mol. The van der Waals surface area contributed by atoms with Crippen molar-refractivity contribution in [2.45, 2.75) is 27.7 Å². The summed E-state index contributed by atoms with van der Waals surface area (Å²) in [6.07, 6.45) is 2.76. The van der Waals surface area contributed by atoms with E-state index in [1.165, 1.54) is 12.2 Å². The molecule has 0 fully saturated rings. The Morgan fingerprint density at radius 3 is 1.29 bits per heavy atom. The summed E-state index contributed by atoms with van der Waals surface area (Å²) in [5.41, 5.74) is 6.95. The minimum atomic E-state index is -0.114. The van der Waals surface area contributed by atoms with E-state index in [0.717, 1.165) is 33.4 Å². The maximum Gasteiger partial charge on any atom is 0.187 e. The van der Waals surface area contributed by atoms with Crippen LogP contribution < -0.4 is 0 Å². The van der Waals surface area contributed by atoms with Crippen LogP contribution in [0.25, 0.3) is 11.1 Å². The van der Waals surface area contributed by atoms with E-state index in [4.69, 9.17) is 0 Å². The zero-order chi connectivity index (χ0) is 17.4. The number of carbonyl (C=O) groups excluding carboxylic acids is 2. The fourth-order valence-electron chi connectivity index (χ4n) is 3.29. The Balaban J connectivity index is 2.34. The topological polar surface area (TPSA) is 34.1 Å². The Hall–Kier alpha value is -2.74. The second-order valence-electron chi connectivity index (χ2n) is 6.45. The lowest BCUT2D eigenvalue weighted by Gasteiger charge is -2.19. The van der Waals surface area contributed by atoms with E-state index in [9.17, 15) is 9.59 Å². The molecular formula is C22H20O2. The van der Waals surface area contributed by atoms with Crippen molar-refractivity contribution in [2.24, 2.45) is 0 Å². The molecule has 1 aliphatic rings. The van der Waals surface area contributed by atoms with Gasteiger partial charge < -0.3 is 0 Å². The molecule has 0 saturated carbocycles. The van der Waals surface area contributed by atoms with Gasteiger partial charge in [-0.25, -0.2) is 0 Å². The number of rotatable bonds is 2. The van der Waals surface area contributed by atoms with Gasteiger partial charge in [0.1, 0.15) is 0 Å². The van der Waals surface area contributed by atoms with Gasteiger partial charge in [0.25, 0.3) is 0 Å². The number of hydrogen-bond donors (Lipinski definition) is 0. The first-order valence-electron chi connectivity index (χ1n) is 8.04. The number of aryl methyl sites for hydroxylation is 4. The molecule has 0 amide bonds. The Labute approximate surface area is 142 Å². The molecule has 0 radical (unpaired) electrons. The van der Waals surface area contributed by atoms with Gasteiger partial charge in [0.15, 0.2) is 11.6 Å². The number of allylic oxidation sites excluding steroid dienone is 4. The standard InChI is InChI=1S/C22H20O2/c1-13-5-7-17(15(3)11-13)21-19(23)9-10-20(24)22(21)18-8-6-14(2)12-16(18)4/h5-12H,1-4H3. The summed E-state index contributed by atoms with van der Waals surface area (Å²) in [5, 5.41) is 0. The fraction of sp³-hybridized carbons (Fsp3) is 0.182. The van der Waals surface area contributed by atoms with Crippen molar-refractivity contribution in [2.75, 3.05) is 0 Å². The fourth-order valence-corrected chi connectivity index (χ4v) is 3.29. The molecule has 24 heavy (non-hydrogen) atoms. The molecule has 120 valence electrons. The Morgan fingerprint density at radius 1 is 0.583 bits per heavy atom. The number of benzene rings is 2. The highest BCUT2D eigenvalue weighted by atomic mass is 16.1. The first kappa shape index (κ1) is 16.1. The van der Waals surface area contributed by atoms with Crippen molar-refractivity contribution in [3.63, 3.8) is 0 Å². The maximum atomic E-state index is 12.6. The zero-order valence-corrected chi connectivity index (χ0v) is 14.4. The van der Waals surface area contributed by atoms with Crippen LogP contribution in [0, 0.1) is 27.7 Å². The van der Waals surface area contributed by atoms with Gasteiger partial charge in [-0.1, -0.05) is 47.5 Å². The van der Waals surface area contributed by atoms with Crippen molar-refractivity contribution in [3.05, 3.63) is 81.9 Å². The quantitative estimate of drug-likeness (QED) is 0.762. The van der Waals surface area contributed by atoms with Gasteiger partial charge in [0.2, 0.25) is 0 Å². The molecule has 0 spiro atoms. The zero-order valence-electron chi connectivity index (χ0n) is 14.4. The number of hydrogen-bond acceptors (Lipinski definition) is 2. The lowest BCUT2D eigenvalue weighted by atomic mass is 9.82. The molecule has 0 heterocycles. The Bertz CT molecular complexity index is 851. The van der Waals surface area contributed by atoms with Crippen LogP contribution >= 0.6 is 0 Å². The Kier molecular flexibility index (Phi) is 4.06. The van der Waals surface area contributed by atoms with E-state index >= 15 is 0 Å². The summed E-state index contributed by atoms with van der Waals surface area (Å²) in [7, 11) is 0. The van der Waals surface area contributed by atoms with Crippen LogP contribution in [-0.4, -0.2) is 11.6 Å². The molecule has 0 unspecified atom stereocenters. The summed E-state index contributed by atoms with van der Waals surface area (Å²) < 4.78 is 0.